The molecule has 0 saturated carbocycles. The van der Waals surface area contributed by atoms with E-state index in [2.05, 4.69) is 20.7 Å². The summed E-state index contributed by atoms with van der Waals surface area (Å²) in [6, 6.07) is 0. The Labute approximate surface area is 114 Å². The van der Waals surface area contributed by atoms with Gasteiger partial charge < -0.3 is 10.4 Å². The molecule has 0 aromatic carbocycles. The van der Waals surface area contributed by atoms with Crippen molar-refractivity contribution in [2.75, 3.05) is 7.05 Å². The fourth-order valence-electron chi connectivity index (χ4n) is 1.73. The van der Waals surface area contributed by atoms with E-state index < -0.39 is 5.97 Å². The summed E-state index contributed by atoms with van der Waals surface area (Å²) in [7, 11) is 1.49. The zero-order valence-corrected chi connectivity index (χ0v) is 11.1. The van der Waals surface area contributed by atoms with Crippen molar-refractivity contribution < 1.29 is 14.7 Å². The van der Waals surface area contributed by atoms with Gasteiger partial charge in [-0.1, -0.05) is 5.21 Å². The summed E-state index contributed by atoms with van der Waals surface area (Å²) in [4.78, 5) is 22.6. The van der Waals surface area contributed by atoms with E-state index in [-0.39, 0.29) is 23.8 Å². The first-order valence-electron chi connectivity index (χ1n) is 5.97. The van der Waals surface area contributed by atoms with E-state index >= 15 is 0 Å². The average molecular weight is 278 g/mol. The second-order valence-electron chi connectivity index (χ2n) is 4.01. The molecular formula is C11H14N6O3. The third-order valence-electron chi connectivity index (χ3n) is 2.74. The maximum Gasteiger partial charge on any atom is 0.358 e. The Kier molecular flexibility index (Phi) is 3.78. The Bertz CT molecular complexity index is 644. The van der Waals surface area contributed by atoms with Gasteiger partial charge in [-0.05, 0) is 6.92 Å². The van der Waals surface area contributed by atoms with E-state index in [0.717, 1.165) is 0 Å². The molecule has 1 amide bonds. The van der Waals surface area contributed by atoms with Crippen molar-refractivity contribution in [3.8, 4) is 11.3 Å². The van der Waals surface area contributed by atoms with Crippen LogP contribution in [0.2, 0.25) is 0 Å². The number of carboxylic acids is 1. The fourth-order valence-corrected chi connectivity index (χ4v) is 1.73. The molecule has 0 fully saturated rings. The van der Waals surface area contributed by atoms with Gasteiger partial charge in [0, 0.05) is 25.4 Å². The molecule has 0 atom stereocenters. The Morgan fingerprint density at radius 3 is 2.75 bits per heavy atom. The van der Waals surface area contributed by atoms with Crippen molar-refractivity contribution in [2.45, 2.75) is 20.0 Å². The van der Waals surface area contributed by atoms with Gasteiger partial charge in [-0.3, -0.25) is 9.48 Å². The molecule has 0 aliphatic carbocycles. The van der Waals surface area contributed by atoms with Crippen molar-refractivity contribution in [2.24, 2.45) is 0 Å². The largest absolute Gasteiger partial charge is 0.476 e. The monoisotopic (exact) mass is 278 g/mol. The molecule has 0 spiro atoms. The van der Waals surface area contributed by atoms with Crippen LogP contribution in [0.15, 0.2) is 12.4 Å². The number of hydrogen-bond acceptors (Lipinski definition) is 5. The van der Waals surface area contributed by atoms with Crippen LogP contribution >= 0.6 is 0 Å². The second-order valence-corrected chi connectivity index (χ2v) is 4.01. The maximum absolute atomic E-state index is 11.4. The third kappa shape index (κ3) is 2.51. The number of nitrogens with zero attached hydrogens (tertiary/aromatic N) is 5. The Hall–Kier alpha value is -2.71. The second kappa shape index (κ2) is 5.51. The van der Waals surface area contributed by atoms with Crippen molar-refractivity contribution in [1.29, 1.82) is 0 Å². The fraction of sp³-hybridized carbons (Fsp3) is 0.364. The predicted molar refractivity (Wildman–Crippen MR) is 67.9 cm³/mol. The molecule has 0 radical (unpaired) electrons. The van der Waals surface area contributed by atoms with Crippen LogP contribution in [-0.4, -0.2) is 48.8 Å². The van der Waals surface area contributed by atoms with Gasteiger partial charge in [0.15, 0.2) is 5.69 Å². The molecule has 9 nitrogen and oxygen atoms in total. The molecule has 0 saturated heterocycles. The number of rotatable bonds is 5. The lowest BCUT2D eigenvalue weighted by molar-refractivity contribution is -0.121. The average Bonchev–Trinajstić information content (AvgIpc) is 3.04. The quantitative estimate of drug-likeness (QED) is 0.769. The van der Waals surface area contributed by atoms with Crippen molar-refractivity contribution in [1.82, 2.24) is 30.1 Å². The standard InChI is InChI=1S/C11H14N6O3/c1-3-16-5-7(4-13-16)10-9(11(19)20)14-15-17(10)6-8(18)12-2/h4-5H,3,6H2,1-2H3,(H,12,18)(H,19,20). The minimum Gasteiger partial charge on any atom is -0.476 e. The first-order valence-corrected chi connectivity index (χ1v) is 5.97. The summed E-state index contributed by atoms with van der Waals surface area (Å²) < 4.78 is 2.90. The molecule has 0 aliphatic rings. The first-order chi connectivity index (χ1) is 9.56. The lowest BCUT2D eigenvalue weighted by Crippen LogP contribution is -2.24. The molecule has 2 aromatic heterocycles. The molecule has 0 aliphatic heterocycles. The number of carbonyl (C=O) groups is 2. The van der Waals surface area contributed by atoms with Crippen LogP contribution in [-0.2, 0) is 17.9 Å². The molecule has 0 bridgehead atoms. The van der Waals surface area contributed by atoms with Gasteiger partial charge in [-0.15, -0.1) is 5.10 Å². The van der Waals surface area contributed by atoms with Gasteiger partial charge in [0.25, 0.3) is 0 Å². The van der Waals surface area contributed by atoms with Crippen LogP contribution in [0.1, 0.15) is 17.4 Å². The summed E-state index contributed by atoms with van der Waals surface area (Å²) in [6.07, 6.45) is 3.21. The van der Waals surface area contributed by atoms with E-state index in [1.54, 1.807) is 10.9 Å². The summed E-state index contributed by atoms with van der Waals surface area (Å²) >= 11 is 0. The molecular weight excluding hydrogens is 264 g/mol. The minimum atomic E-state index is -1.20. The van der Waals surface area contributed by atoms with Crippen molar-refractivity contribution >= 4 is 11.9 Å². The predicted octanol–water partition coefficient (Wildman–Crippen LogP) is -0.394. The lowest BCUT2D eigenvalue weighted by atomic mass is 10.2. The van der Waals surface area contributed by atoms with Gasteiger partial charge in [0.1, 0.15) is 12.2 Å². The molecule has 20 heavy (non-hydrogen) atoms. The smallest absolute Gasteiger partial charge is 0.358 e. The molecule has 2 heterocycles. The maximum atomic E-state index is 11.4. The van der Waals surface area contributed by atoms with Crippen LogP contribution in [0.25, 0.3) is 11.3 Å². The first kappa shape index (κ1) is 13.7. The highest BCUT2D eigenvalue weighted by atomic mass is 16.4. The lowest BCUT2D eigenvalue weighted by Gasteiger charge is -2.04. The number of likely N-dealkylation sites (N-methyl/N-ethyl adjacent to an activating group) is 1. The van der Waals surface area contributed by atoms with Crippen LogP contribution in [0, 0.1) is 0 Å². The summed E-state index contributed by atoms with van der Waals surface area (Å²) in [6.45, 7) is 2.46. The summed E-state index contributed by atoms with van der Waals surface area (Å²) in [5.41, 5.74) is 0.614. The number of aryl methyl sites for hydroxylation is 1. The number of carboxylic acid groups (broad SMARTS) is 1. The van der Waals surface area contributed by atoms with Gasteiger partial charge in [0.2, 0.25) is 5.91 Å². The summed E-state index contributed by atoms with van der Waals surface area (Å²) in [5.74, 6) is -1.50. The Balaban J connectivity index is 2.49. The van der Waals surface area contributed by atoms with E-state index in [4.69, 9.17) is 5.11 Å². The van der Waals surface area contributed by atoms with E-state index in [0.29, 0.717) is 12.1 Å². The normalized spacial score (nSPS) is 10.5. The topological polar surface area (TPSA) is 115 Å². The number of amides is 1. The zero-order chi connectivity index (χ0) is 14.7. The van der Waals surface area contributed by atoms with Crippen LogP contribution < -0.4 is 5.32 Å². The molecule has 2 rings (SSSR count). The molecule has 9 heteroatoms. The Morgan fingerprint density at radius 1 is 1.45 bits per heavy atom. The number of nitrogens with one attached hydrogen (secondary N) is 1. The number of hydrogen-bond donors (Lipinski definition) is 2. The van der Waals surface area contributed by atoms with E-state index in [9.17, 15) is 9.59 Å². The van der Waals surface area contributed by atoms with Crippen LogP contribution in [0.5, 0.6) is 0 Å². The van der Waals surface area contributed by atoms with Gasteiger partial charge in [0.05, 0.1) is 6.20 Å². The van der Waals surface area contributed by atoms with Crippen LogP contribution in [0.4, 0.5) is 0 Å². The third-order valence-corrected chi connectivity index (χ3v) is 2.74. The van der Waals surface area contributed by atoms with Gasteiger partial charge >= 0.3 is 5.97 Å². The highest BCUT2D eigenvalue weighted by Crippen LogP contribution is 2.21. The van der Waals surface area contributed by atoms with Crippen molar-refractivity contribution in [3.63, 3.8) is 0 Å². The number of carbonyl (C=O) groups excluding carboxylic acids is 1. The van der Waals surface area contributed by atoms with E-state index in [1.807, 2.05) is 6.92 Å². The highest BCUT2D eigenvalue weighted by Gasteiger charge is 2.22. The van der Waals surface area contributed by atoms with Gasteiger partial charge in [-0.25, -0.2) is 9.48 Å². The minimum absolute atomic E-state index is 0.108. The molecule has 0 unspecified atom stereocenters. The molecule has 106 valence electrons. The van der Waals surface area contributed by atoms with Crippen molar-refractivity contribution in [3.05, 3.63) is 18.1 Å². The number of aromatic nitrogens is 5. The van der Waals surface area contributed by atoms with E-state index in [1.165, 1.54) is 17.9 Å². The summed E-state index contributed by atoms with van der Waals surface area (Å²) in [5, 5.41) is 23.0. The zero-order valence-electron chi connectivity index (χ0n) is 11.1. The van der Waals surface area contributed by atoms with Crippen LogP contribution in [0.3, 0.4) is 0 Å². The number of aromatic carboxylic acids is 1. The SMILES string of the molecule is CCn1cc(-c2c(C(=O)O)nnn2CC(=O)NC)cn1. The molecule has 2 aromatic rings. The highest BCUT2D eigenvalue weighted by molar-refractivity contribution is 5.92. The molecule has 2 N–H and O–H groups in total. The Morgan fingerprint density at radius 2 is 2.20 bits per heavy atom. The van der Waals surface area contributed by atoms with Gasteiger partial charge in [-0.2, -0.15) is 5.10 Å².